The Morgan fingerprint density at radius 3 is 2.44 bits per heavy atom. The highest BCUT2D eigenvalue weighted by Crippen LogP contribution is 2.44. The summed E-state index contributed by atoms with van der Waals surface area (Å²) >= 11 is 0. The molecule has 5 heteroatoms. The quantitative estimate of drug-likeness (QED) is 0.312. The average Bonchev–Trinajstić information content (AvgIpc) is 3.34. The summed E-state index contributed by atoms with van der Waals surface area (Å²) in [5.74, 6) is -0.758. The zero-order valence-corrected chi connectivity index (χ0v) is 18.2. The van der Waals surface area contributed by atoms with Crippen LogP contribution in [0.1, 0.15) is 40.8 Å². The average molecular weight is 429 g/mol. The smallest absolute Gasteiger partial charge is 0.321 e. The first-order valence-corrected chi connectivity index (χ1v) is 10.8. The molecule has 32 heavy (non-hydrogen) atoms. The van der Waals surface area contributed by atoms with Crippen LogP contribution in [0.4, 0.5) is 0 Å². The summed E-state index contributed by atoms with van der Waals surface area (Å²) in [6.07, 6.45) is 7.83. The summed E-state index contributed by atoms with van der Waals surface area (Å²) in [5.41, 5.74) is 7.78. The first-order valence-electron chi connectivity index (χ1n) is 10.8. The van der Waals surface area contributed by atoms with Crippen molar-refractivity contribution in [3.63, 3.8) is 0 Å². The standard InChI is InChI=1S/C27H28N2O3/c1-3-9-19-18(15-28-25(19)4-2)14-26(27(30)31)29-17-32-16-24-22-12-7-5-10-20(22)21-11-6-8-13-23(21)24/h3-13,15,24,26,28-29H,2,14,16-17H2,1H3,(H,30,31)/b9-3-/t26-/m0/s1. The number of carboxylic acid groups (broad SMARTS) is 1. The van der Waals surface area contributed by atoms with Crippen LogP contribution in [0, 0.1) is 0 Å². The molecule has 1 heterocycles. The van der Waals surface area contributed by atoms with Gasteiger partial charge in [0.15, 0.2) is 0 Å². The highest BCUT2D eigenvalue weighted by atomic mass is 16.5. The minimum atomic E-state index is -0.905. The molecule has 164 valence electrons. The van der Waals surface area contributed by atoms with E-state index >= 15 is 0 Å². The molecule has 0 bridgehead atoms. The van der Waals surface area contributed by atoms with Gasteiger partial charge in [-0.15, -0.1) is 0 Å². The number of carbonyl (C=O) groups is 1. The van der Waals surface area contributed by atoms with Gasteiger partial charge in [-0.05, 0) is 40.8 Å². The van der Waals surface area contributed by atoms with Gasteiger partial charge in [0.25, 0.3) is 0 Å². The molecule has 2 aromatic carbocycles. The number of nitrogens with one attached hydrogen (secondary N) is 2. The largest absolute Gasteiger partial charge is 0.480 e. The van der Waals surface area contributed by atoms with Crippen LogP contribution in [-0.2, 0) is 16.0 Å². The summed E-state index contributed by atoms with van der Waals surface area (Å²) in [7, 11) is 0. The van der Waals surface area contributed by atoms with Gasteiger partial charge in [-0.3, -0.25) is 10.1 Å². The number of H-pyrrole nitrogens is 1. The number of carboxylic acids is 1. The number of ether oxygens (including phenoxy) is 1. The van der Waals surface area contributed by atoms with E-state index in [9.17, 15) is 9.90 Å². The van der Waals surface area contributed by atoms with Gasteiger partial charge >= 0.3 is 5.97 Å². The molecule has 0 saturated heterocycles. The molecule has 1 aliphatic carbocycles. The predicted octanol–water partition coefficient (Wildman–Crippen LogP) is 5.06. The third-order valence-corrected chi connectivity index (χ3v) is 5.98. The highest BCUT2D eigenvalue weighted by molar-refractivity contribution is 5.78. The third-order valence-electron chi connectivity index (χ3n) is 5.98. The number of fused-ring (bicyclic) bond motifs is 3. The van der Waals surface area contributed by atoms with Gasteiger partial charge in [0.2, 0.25) is 0 Å². The molecule has 3 aromatic rings. The molecular formula is C27H28N2O3. The first-order chi connectivity index (χ1) is 15.6. The Hall–Kier alpha value is -3.41. The van der Waals surface area contributed by atoms with E-state index in [1.54, 1.807) is 6.08 Å². The van der Waals surface area contributed by atoms with Crippen molar-refractivity contribution in [2.24, 2.45) is 0 Å². The van der Waals surface area contributed by atoms with Gasteiger partial charge in [0.1, 0.15) is 6.04 Å². The SMILES string of the molecule is C=Cc1[nH]cc(C[C@H](NCOCC2c3ccccc3-c3ccccc32)C(=O)O)c1/C=C\C. The van der Waals surface area contributed by atoms with Crippen LogP contribution in [-0.4, -0.2) is 35.4 Å². The van der Waals surface area contributed by atoms with Crippen molar-refractivity contribution in [1.29, 1.82) is 0 Å². The zero-order chi connectivity index (χ0) is 22.5. The number of rotatable bonds is 10. The second-order valence-corrected chi connectivity index (χ2v) is 7.89. The maximum absolute atomic E-state index is 11.9. The number of allylic oxidation sites excluding steroid dienone is 1. The Labute approximate surface area is 188 Å². The molecule has 0 spiro atoms. The molecule has 1 aromatic heterocycles. The van der Waals surface area contributed by atoms with Crippen LogP contribution < -0.4 is 5.32 Å². The molecule has 3 N–H and O–H groups in total. The number of hydrogen-bond acceptors (Lipinski definition) is 3. The lowest BCUT2D eigenvalue weighted by Crippen LogP contribution is -2.40. The molecule has 0 radical (unpaired) electrons. The number of benzene rings is 2. The Bertz CT molecular complexity index is 1100. The second kappa shape index (κ2) is 9.81. The highest BCUT2D eigenvalue weighted by Gasteiger charge is 2.28. The Morgan fingerprint density at radius 1 is 1.19 bits per heavy atom. The van der Waals surface area contributed by atoms with E-state index in [0.29, 0.717) is 13.0 Å². The third kappa shape index (κ3) is 4.31. The zero-order valence-electron chi connectivity index (χ0n) is 18.2. The lowest BCUT2D eigenvalue weighted by molar-refractivity contribution is -0.140. The van der Waals surface area contributed by atoms with Crippen molar-refractivity contribution in [2.75, 3.05) is 13.3 Å². The molecular weight excluding hydrogens is 400 g/mol. The summed E-state index contributed by atoms with van der Waals surface area (Å²) in [4.78, 5) is 15.0. The van der Waals surface area contributed by atoms with Gasteiger partial charge in [-0.1, -0.05) is 67.3 Å². The van der Waals surface area contributed by atoms with Crippen LogP contribution in [0.2, 0.25) is 0 Å². The van der Waals surface area contributed by atoms with E-state index in [-0.39, 0.29) is 12.6 Å². The van der Waals surface area contributed by atoms with E-state index in [1.165, 1.54) is 22.3 Å². The van der Waals surface area contributed by atoms with E-state index in [2.05, 4.69) is 53.3 Å². The summed E-state index contributed by atoms with van der Waals surface area (Å²) in [5, 5.41) is 12.8. The van der Waals surface area contributed by atoms with E-state index in [1.807, 2.05) is 37.4 Å². The number of aromatic amines is 1. The fourth-order valence-electron chi connectivity index (χ4n) is 4.44. The predicted molar refractivity (Wildman–Crippen MR) is 128 cm³/mol. The summed E-state index contributed by atoms with van der Waals surface area (Å²) in [6.45, 7) is 6.40. The molecule has 0 fully saturated rings. The molecule has 1 atom stereocenters. The van der Waals surface area contributed by atoms with Crippen molar-refractivity contribution in [2.45, 2.75) is 25.3 Å². The fourth-order valence-corrected chi connectivity index (χ4v) is 4.44. The monoisotopic (exact) mass is 428 g/mol. The Kier molecular flexibility index (Phi) is 6.69. The van der Waals surface area contributed by atoms with Crippen LogP contribution in [0.25, 0.3) is 23.3 Å². The van der Waals surface area contributed by atoms with E-state index in [4.69, 9.17) is 4.74 Å². The molecule has 0 unspecified atom stereocenters. The van der Waals surface area contributed by atoms with E-state index in [0.717, 1.165) is 16.8 Å². The molecule has 5 nitrogen and oxygen atoms in total. The maximum Gasteiger partial charge on any atom is 0.321 e. The molecule has 0 aliphatic heterocycles. The lowest BCUT2D eigenvalue weighted by atomic mass is 9.98. The molecule has 0 saturated carbocycles. The molecule has 1 aliphatic rings. The fraction of sp³-hybridized carbons (Fsp3) is 0.222. The summed E-state index contributed by atoms with van der Waals surface area (Å²) < 4.78 is 5.94. The number of aliphatic carboxylic acids is 1. The van der Waals surface area contributed by atoms with Crippen LogP contribution in [0.15, 0.2) is 67.4 Å². The second-order valence-electron chi connectivity index (χ2n) is 7.89. The van der Waals surface area contributed by atoms with Crippen molar-refractivity contribution < 1.29 is 14.6 Å². The van der Waals surface area contributed by atoms with Gasteiger partial charge in [0.05, 0.1) is 13.3 Å². The van der Waals surface area contributed by atoms with Crippen molar-refractivity contribution in [3.05, 3.63) is 95.3 Å². The van der Waals surface area contributed by atoms with E-state index < -0.39 is 12.0 Å². The Balaban J connectivity index is 1.40. The van der Waals surface area contributed by atoms with Crippen LogP contribution >= 0.6 is 0 Å². The van der Waals surface area contributed by atoms with Crippen LogP contribution in [0.3, 0.4) is 0 Å². The molecule has 4 rings (SSSR count). The van der Waals surface area contributed by atoms with Crippen LogP contribution in [0.5, 0.6) is 0 Å². The summed E-state index contributed by atoms with van der Waals surface area (Å²) in [6, 6.07) is 16.0. The van der Waals surface area contributed by atoms with Crippen molar-refractivity contribution in [1.82, 2.24) is 10.3 Å². The van der Waals surface area contributed by atoms with Gasteiger partial charge in [-0.2, -0.15) is 0 Å². The van der Waals surface area contributed by atoms with Crippen molar-refractivity contribution in [3.8, 4) is 11.1 Å². The topological polar surface area (TPSA) is 74.3 Å². The van der Waals surface area contributed by atoms with Gasteiger partial charge in [-0.25, -0.2) is 0 Å². The number of hydrogen-bond donors (Lipinski definition) is 3. The Morgan fingerprint density at radius 2 is 1.84 bits per heavy atom. The normalized spacial score (nSPS) is 13.8. The maximum atomic E-state index is 11.9. The number of aromatic nitrogens is 1. The van der Waals surface area contributed by atoms with Crippen molar-refractivity contribution >= 4 is 18.1 Å². The lowest BCUT2D eigenvalue weighted by Gasteiger charge is -2.17. The minimum absolute atomic E-state index is 0.147. The minimum Gasteiger partial charge on any atom is -0.480 e. The van der Waals surface area contributed by atoms with Gasteiger partial charge in [0, 0.05) is 29.8 Å². The molecule has 0 amide bonds. The van der Waals surface area contributed by atoms with Gasteiger partial charge < -0.3 is 14.8 Å². The first kappa shape index (κ1) is 21.8.